The molecule has 1 aromatic carbocycles. The Labute approximate surface area is 223 Å². The van der Waals surface area contributed by atoms with Gasteiger partial charge in [-0.2, -0.15) is 0 Å². The van der Waals surface area contributed by atoms with Crippen LogP contribution in [-0.4, -0.2) is 59.4 Å². The highest BCUT2D eigenvalue weighted by atomic mass is 16.5. The van der Waals surface area contributed by atoms with Crippen LogP contribution in [0.2, 0.25) is 0 Å². The van der Waals surface area contributed by atoms with E-state index in [4.69, 9.17) is 10.5 Å². The van der Waals surface area contributed by atoms with Crippen LogP contribution in [0.1, 0.15) is 63.4 Å². The molecule has 0 aromatic heterocycles. The van der Waals surface area contributed by atoms with E-state index in [0.29, 0.717) is 12.0 Å². The Balaban J connectivity index is 3.09. The van der Waals surface area contributed by atoms with Crippen LogP contribution in [-0.2, 0) is 23.9 Å². The lowest BCUT2D eigenvalue weighted by Crippen LogP contribution is -2.57. The molecule has 0 fully saturated rings. The number of ether oxygens (including phenoxy) is 1. The van der Waals surface area contributed by atoms with Gasteiger partial charge in [-0.05, 0) is 44.2 Å². The third-order valence-corrected chi connectivity index (χ3v) is 5.63. The van der Waals surface area contributed by atoms with Gasteiger partial charge in [0.2, 0.25) is 17.7 Å². The Morgan fingerprint density at radius 3 is 2.24 bits per heavy atom. The predicted octanol–water partition coefficient (Wildman–Crippen LogP) is 1.47. The highest BCUT2D eigenvalue weighted by molar-refractivity contribution is 6.00. The molecule has 0 aliphatic heterocycles. The van der Waals surface area contributed by atoms with Crippen LogP contribution < -0.4 is 21.7 Å². The number of phenolic OH excluding ortho intramolecular Hbond substituents is 1. The van der Waals surface area contributed by atoms with Crippen molar-refractivity contribution in [1.82, 2.24) is 16.0 Å². The van der Waals surface area contributed by atoms with Gasteiger partial charge in [0.15, 0.2) is 0 Å². The van der Waals surface area contributed by atoms with Crippen molar-refractivity contribution in [2.45, 2.75) is 72.5 Å². The molecule has 0 saturated heterocycles. The number of hydrogen-bond acceptors (Lipinski definition) is 7. The summed E-state index contributed by atoms with van der Waals surface area (Å²) in [5, 5.41) is 17.8. The smallest absolute Gasteiger partial charge is 0.330 e. The summed E-state index contributed by atoms with van der Waals surface area (Å²) in [5.41, 5.74) is 5.88. The maximum atomic E-state index is 13.2. The first-order chi connectivity index (χ1) is 17.8. The Kier molecular flexibility index (Phi) is 13.0. The van der Waals surface area contributed by atoms with E-state index >= 15 is 0 Å². The standard InChI is InChI=1S/C27H40N4O7/c1-7-38-23(34)12-11-18(13-15(2)3)29-26(36)20(14-22(28)33)30-27(37)24(16(4)5)31-25(35)19-9-8-10-21(32)17(19)6/h8-12,15-16,18,20,24,32H,7,13-14H2,1-6H3,(H2,28,33)(H,29,36)(H,30,37)(H,31,35)/b12-11+/t18-,20+,24+/m1/s1. The minimum Gasteiger partial charge on any atom is -0.508 e. The van der Waals surface area contributed by atoms with Gasteiger partial charge in [-0.15, -0.1) is 0 Å². The van der Waals surface area contributed by atoms with Gasteiger partial charge in [-0.3, -0.25) is 19.2 Å². The SMILES string of the molecule is CCOC(=O)/C=C/[C@H](CC(C)C)NC(=O)[C@H](CC(N)=O)NC(=O)[C@@H](NC(=O)c1cccc(O)c1C)C(C)C. The molecule has 4 amide bonds. The number of carbonyl (C=O) groups is 5. The van der Waals surface area contributed by atoms with Gasteiger partial charge in [-0.1, -0.05) is 39.8 Å². The summed E-state index contributed by atoms with van der Waals surface area (Å²) in [6.45, 7) is 10.7. The van der Waals surface area contributed by atoms with Crippen LogP contribution in [0.3, 0.4) is 0 Å². The van der Waals surface area contributed by atoms with E-state index in [1.807, 2.05) is 13.8 Å². The van der Waals surface area contributed by atoms with Crippen LogP contribution >= 0.6 is 0 Å². The van der Waals surface area contributed by atoms with Crippen LogP contribution in [0.4, 0.5) is 0 Å². The molecule has 0 spiro atoms. The number of esters is 1. The molecule has 11 heteroatoms. The topological polar surface area (TPSA) is 177 Å². The molecular weight excluding hydrogens is 492 g/mol. The van der Waals surface area contributed by atoms with E-state index < -0.39 is 54.1 Å². The van der Waals surface area contributed by atoms with Gasteiger partial charge in [-0.25, -0.2) is 4.79 Å². The molecule has 38 heavy (non-hydrogen) atoms. The summed E-state index contributed by atoms with van der Waals surface area (Å²) in [5.74, 6) is -3.60. The molecule has 0 saturated carbocycles. The molecule has 6 N–H and O–H groups in total. The number of hydrogen-bond donors (Lipinski definition) is 5. The van der Waals surface area contributed by atoms with Gasteiger partial charge in [0, 0.05) is 23.2 Å². The van der Waals surface area contributed by atoms with E-state index in [9.17, 15) is 29.1 Å². The van der Waals surface area contributed by atoms with Crippen molar-refractivity contribution in [3.8, 4) is 5.75 Å². The molecule has 0 aliphatic rings. The molecule has 0 aliphatic carbocycles. The normalized spacial score (nSPS) is 13.6. The molecule has 11 nitrogen and oxygen atoms in total. The lowest BCUT2D eigenvalue weighted by atomic mass is 10.00. The number of primary amides is 1. The highest BCUT2D eigenvalue weighted by Gasteiger charge is 2.31. The number of nitrogens with two attached hydrogens (primary N) is 1. The van der Waals surface area contributed by atoms with Crippen molar-refractivity contribution in [3.63, 3.8) is 0 Å². The Hall–Kier alpha value is -3.89. The zero-order valence-corrected chi connectivity index (χ0v) is 22.9. The Morgan fingerprint density at radius 1 is 1.03 bits per heavy atom. The Bertz CT molecular complexity index is 1040. The first-order valence-electron chi connectivity index (χ1n) is 12.6. The molecule has 0 unspecified atom stereocenters. The van der Waals surface area contributed by atoms with Gasteiger partial charge < -0.3 is 31.5 Å². The zero-order valence-electron chi connectivity index (χ0n) is 22.9. The number of rotatable bonds is 14. The summed E-state index contributed by atoms with van der Waals surface area (Å²) in [6, 6.07) is 1.53. The third kappa shape index (κ3) is 10.6. The molecule has 1 aromatic rings. The van der Waals surface area contributed by atoms with Crippen LogP contribution in [0, 0.1) is 18.8 Å². The average molecular weight is 533 g/mol. The van der Waals surface area contributed by atoms with E-state index in [1.54, 1.807) is 27.7 Å². The fourth-order valence-electron chi connectivity index (χ4n) is 3.66. The number of aromatic hydroxyl groups is 1. The fourth-order valence-corrected chi connectivity index (χ4v) is 3.66. The predicted molar refractivity (Wildman–Crippen MR) is 142 cm³/mol. The number of nitrogens with one attached hydrogen (secondary N) is 3. The second-order valence-electron chi connectivity index (χ2n) is 9.73. The lowest BCUT2D eigenvalue weighted by Gasteiger charge is -2.26. The minimum atomic E-state index is -1.31. The number of benzene rings is 1. The average Bonchev–Trinajstić information content (AvgIpc) is 2.81. The van der Waals surface area contributed by atoms with E-state index in [2.05, 4.69) is 16.0 Å². The van der Waals surface area contributed by atoms with Crippen molar-refractivity contribution in [2.24, 2.45) is 17.6 Å². The van der Waals surface area contributed by atoms with Gasteiger partial charge >= 0.3 is 5.97 Å². The fraction of sp³-hybridized carbons (Fsp3) is 0.519. The van der Waals surface area contributed by atoms with Crippen molar-refractivity contribution >= 4 is 29.6 Å². The Morgan fingerprint density at radius 2 is 1.68 bits per heavy atom. The van der Waals surface area contributed by atoms with Crippen molar-refractivity contribution in [1.29, 1.82) is 0 Å². The number of phenols is 1. The maximum Gasteiger partial charge on any atom is 0.330 e. The van der Waals surface area contributed by atoms with Crippen molar-refractivity contribution < 1.29 is 33.8 Å². The summed E-state index contributed by atoms with van der Waals surface area (Å²) < 4.78 is 4.88. The van der Waals surface area contributed by atoms with Gasteiger partial charge in [0.25, 0.3) is 5.91 Å². The van der Waals surface area contributed by atoms with Gasteiger partial charge in [0.1, 0.15) is 17.8 Å². The monoisotopic (exact) mass is 532 g/mol. The van der Waals surface area contributed by atoms with Gasteiger partial charge in [0.05, 0.1) is 13.0 Å². The second kappa shape index (κ2) is 15.4. The van der Waals surface area contributed by atoms with E-state index in [-0.39, 0.29) is 29.8 Å². The van der Waals surface area contributed by atoms with Crippen LogP contribution in [0.15, 0.2) is 30.4 Å². The van der Waals surface area contributed by atoms with E-state index in [1.165, 1.54) is 30.4 Å². The van der Waals surface area contributed by atoms with E-state index in [0.717, 1.165) is 0 Å². The molecular formula is C27H40N4O7. The molecule has 0 bridgehead atoms. The third-order valence-electron chi connectivity index (χ3n) is 5.63. The van der Waals surface area contributed by atoms with Crippen molar-refractivity contribution in [2.75, 3.05) is 6.61 Å². The zero-order chi connectivity index (χ0) is 29.0. The molecule has 210 valence electrons. The van der Waals surface area contributed by atoms with Crippen LogP contribution in [0.5, 0.6) is 5.75 Å². The summed E-state index contributed by atoms with van der Waals surface area (Å²) >= 11 is 0. The lowest BCUT2D eigenvalue weighted by molar-refractivity contribution is -0.137. The number of amides is 4. The summed E-state index contributed by atoms with van der Waals surface area (Å²) in [7, 11) is 0. The first-order valence-corrected chi connectivity index (χ1v) is 12.6. The first kappa shape index (κ1) is 32.1. The highest BCUT2D eigenvalue weighted by Crippen LogP contribution is 2.20. The number of carbonyl (C=O) groups excluding carboxylic acids is 5. The molecule has 1 rings (SSSR count). The summed E-state index contributed by atoms with van der Waals surface area (Å²) in [6.07, 6.45) is 2.71. The maximum absolute atomic E-state index is 13.2. The molecule has 0 radical (unpaired) electrons. The second-order valence-corrected chi connectivity index (χ2v) is 9.73. The quantitative estimate of drug-likeness (QED) is 0.178. The molecule has 3 atom stereocenters. The minimum absolute atomic E-state index is 0.0608. The molecule has 0 heterocycles. The largest absolute Gasteiger partial charge is 0.508 e. The van der Waals surface area contributed by atoms with Crippen molar-refractivity contribution in [3.05, 3.63) is 41.5 Å². The summed E-state index contributed by atoms with van der Waals surface area (Å²) in [4.78, 5) is 62.5. The van der Waals surface area contributed by atoms with Crippen LogP contribution in [0.25, 0.3) is 0 Å².